The third kappa shape index (κ3) is 4.32. The Hall–Kier alpha value is -1.95. The summed E-state index contributed by atoms with van der Waals surface area (Å²) in [4.78, 5) is 19.4. The largest absolute Gasteiger partial charge is 0.324 e. The zero-order chi connectivity index (χ0) is 16.9. The normalized spacial score (nSPS) is 15.2. The van der Waals surface area contributed by atoms with E-state index in [0.29, 0.717) is 17.1 Å². The molecule has 1 aliphatic heterocycles. The first-order valence-corrected chi connectivity index (χ1v) is 9.19. The van der Waals surface area contributed by atoms with E-state index in [-0.39, 0.29) is 11.8 Å². The van der Waals surface area contributed by atoms with Gasteiger partial charge in [0.05, 0.1) is 0 Å². The standard InChI is InChI=1S/C18H22FN3OS/c1-13-6-7-14(11-16(13)19)10-15-12-20-17(24-15)21-18(23)22-8-4-2-3-5-9-22/h6-7,11-12H,2-5,8-10H2,1H3,(H,20,21,23). The molecule has 0 atom stereocenters. The average molecular weight is 347 g/mol. The van der Waals surface area contributed by atoms with Crippen molar-refractivity contribution in [2.24, 2.45) is 0 Å². The van der Waals surface area contributed by atoms with Crippen LogP contribution in [0.15, 0.2) is 24.4 Å². The molecule has 3 rings (SSSR count). The molecule has 4 nitrogen and oxygen atoms in total. The van der Waals surface area contributed by atoms with Gasteiger partial charge in [0.15, 0.2) is 5.13 Å². The Balaban J connectivity index is 1.60. The molecule has 2 aromatic rings. The number of benzene rings is 1. The van der Waals surface area contributed by atoms with Crippen LogP contribution in [-0.4, -0.2) is 29.0 Å². The molecule has 6 heteroatoms. The van der Waals surface area contributed by atoms with Crippen LogP contribution in [0, 0.1) is 12.7 Å². The molecule has 0 aliphatic carbocycles. The predicted molar refractivity (Wildman–Crippen MR) is 95.1 cm³/mol. The molecular weight excluding hydrogens is 325 g/mol. The van der Waals surface area contributed by atoms with Gasteiger partial charge in [0.25, 0.3) is 0 Å². The van der Waals surface area contributed by atoms with Gasteiger partial charge in [0.1, 0.15) is 5.82 Å². The van der Waals surface area contributed by atoms with Gasteiger partial charge in [-0.15, -0.1) is 11.3 Å². The maximum atomic E-state index is 13.6. The number of rotatable bonds is 3. The Kier molecular flexibility index (Phi) is 5.45. The molecule has 0 radical (unpaired) electrons. The van der Waals surface area contributed by atoms with Crippen LogP contribution in [-0.2, 0) is 6.42 Å². The number of halogens is 1. The summed E-state index contributed by atoms with van der Waals surface area (Å²) in [6.45, 7) is 3.38. The van der Waals surface area contributed by atoms with Crippen molar-refractivity contribution in [1.29, 1.82) is 0 Å². The number of hydrogen-bond acceptors (Lipinski definition) is 3. The van der Waals surface area contributed by atoms with Gasteiger partial charge >= 0.3 is 6.03 Å². The second kappa shape index (κ2) is 7.75. The minimum atomic E-state index is -0.188. The van der Waals surface area contributed by atoms with Crippen molar-refractivity contribution in [2.45, 2.75) is 39.0 Å². The number of nitrogens with zero attached hydrogens (tertiary/aromatic N) is 2. The minimum absolute atomic E-state index is 0.0702. The Bertz CT molecular complexity index is 708. The molecule has 0 saturated carbocycles. The Morgan fingerprint density at radius 3 is 2.75 bits per heavy atom. The average Bonchev–Trinajstić information content (AvgIpc) is 2.83. The van der Waals surface area contributed by atoms with E-state index in [1.54, 1.807) is 25.3 Å². The summed E-state index contributed by atoms with van der Waals surface area (Å²) in [5.41, 5.74) is 1.56. The van der Waals surface area contributed by atoms with Gasteiger partial charge in [-0.25, -0.2) is 14.2 Å². The Morgan fingerprint density at radius 2 is 2.04 bits per heavy atom. The molecule has 1 N–H and O–H groups in total. The second-order valence-corrected chi connectivity index (χ2v) is 7.34. The Labute approximate surface area is 145 Å². The molecular formula is C18H22FN3OS. The minimum Gasteiger partial charge on any atom is -0.324 e. The molecule has 1 aromatic heterocycles. The van der Waals surface area contributed by atoms with Gasteiger partial charge in [-0.05, 0) is 37.0 Å². The molecule has 24 heavy (non-hydrogen) atoms. The van der Waals surface area contributed by atoms with Gasteiger partial charge < -0.3 is 4.90 Å². The summed E-state index contributed by atoms with van der Waals surface area (Å²) in [7, 11) is 0. The first kappa shape index (κ1) is 16.9. The molecule has 1 aromatic carbocycles. The van der Waals surface area contributed by atoms with Gasteiger partial charge in [-0.3, -0.25) is 5.32 Å². The molecule has 0 unspecified atom stereocenters. The number of amides is 2. The lowest BCUT2D eigenvalue weighted by Gasteiger charge is -2.19. The van der Waals surface area contributed by atoms with Crippen LogP contribution in [0.4, 0.5) is 14.3 Å². The van der Waals surface area contributed by atoms with Crippen molar-refractivity contribution in [3.8, 4) is 0 Å². The first-order chi connectivity index (χ1) is 11.6. The van der Waals surface area contributed by atoms with Gasteiger partial charge in [-0.2, -0.15) is 0 Å². The van der Waals surface area contributed by atoms with Crippen molar-refractivity contribution in [3.63, 3.8) is 0 Å². The fourth-order valence-electron chi connectivity index (χ4n) is 2.84. The zero-order valence-corrected chi connectivity index (χ0v) is 14.7. The van der Waals surface area contributed by atoms with Crippen molar-refractivity contribution >= 4 is 22.5 Å². The molecule has 2 amide bonds. The number of nitrogens with one attached hydrogen (secondary N) is 1. The molecule has 0 spiro atoms. The van der Waals surface area contributed by atoms with Gasteiger partial charge in [0.2, 0.25) is 0 Å². The monoisotopic (exact) mass is 347 g/mol. The first-order valence-electron chi connectivity index (χ1n) is 8.37. The summed E-state index contributed by atoms with van der Waals surface area (Å²) in [5.74, 6) is -0.188. The maximum Gasteiger partial charge on any atom is 0.323 e. The highest BCUT2D eigenvalue weighted by molar-refractivity contribution is 7.15. The second-order valence-electron chi connectivity index (χ2n) is 6.22. The van der Waals surface area contributed by atoms with Crippen LogP contribution in [0.1, 0.15) is 41.7 Å². The summed E-state index contributed by atoms with van der Waals surface area (Å²) < 4.78 is 13.6. The molecule has 1 saturated heterocycles. The number of aromatic nitrogens is 1. The van der Waals surface area contributed by atoms with Crippen molar-refractivity contribution in [2.75, 3.05) is 18.4 Å². The number of thiazole rings is 1. The van der Waals surface area contributed by atoms with Gasteiger partial charge in [0, 0.05) is 30.6 Å². The van der Waals surface area contributed by atoms with Crippen LogP contribution < -0.4 is 5.32 Å². The third-order valence-electron chi connectivity index (χ3n) is 4.28. The number of anilines is 1. The molecule has 128 valence electrons. The van der Waals surface area contributed by atoms with E-state index in [9.17, 15) is 9.18 Å². The van der Waals surface area contributed by atoms with E-state index in [2.05, 4.69) is 10.3 Å². The Morgan fingerprint density at radius 1 is 1.29 bits per heavy atom. The van der Waals surface area contributed by atoms with Crippen molar-refractivity contribution in [1.82, 2.24) is 9.88 Å². The fraction of sp³-hybridized carbons (Fsp3) is 0.444. The van der Waals surface area contributed by atoms with E-state index in [4.69, 9.17) is 0 Å². The van der Waals surface area contributed by atoms with Crippen molar-refractivity contribution < 1.29 is 9.18 Å². The van der Waals surface area contributed by atoms with E-state index in [1.165, 1.54) is 24.2 Å². The molecule has 1 aliphatic rings. The molecule has 1 fully saturated rings. The third-order valence-corrected chi connectivity index (χ3v) is 5.19. The topological polar surface area (TPSA) is 45.2 Å². The lowest BCUT2D eigenvalue weighted by atomic mass is 10.1. The van der Waals surface area contributed by atoms with Crippen LogP contribution in [0.5, 0.6) is 0 Å². The summed E-state index contributed by atoms with van der Waals surface area (Å²) in [5, 5.41) is 3.49. The number of aryl methyl sites for hydroxylation is 1. The zero-order valence-electron chi connectivity index (χ0n) is 13.8. The quantitative estimate of drug-likeness (QED) is 0.883. The maximum absolute atomic E-state index is 13.6. The predicted octanol–water partition coefficient (Wildman–Crippen LogP) is 4.59. The summed E-state index contributed by atoms with van der Waals surface area (Å²) in [6, 6.07) is 5.20. The fourth-order valence-corrected chi connectivity index (χ4v) is 3.68. The molecule has 2 heterocycles. The number of urea groups is 1. The highest BCUT2D eigenvalue weighted by Crippen LogP contribution is 2.23. The van der Waals surface area contributed by atoms with E-state index in [0.717, 1.165) is 36.4 Å². The summed E-state index contributed by atoms with van der Waals surface area (Å²) >= 11 is 1.44. The lowest BCUT2D eigenvalue weighted by Crippen LogP contribution is -2.35. The van der Waals surface area contributed by atoms with Crippen LogP contribution in [0.25, 0.3) is 0 Å². The van der Waals surface area contributed by atoms with Gasteiger partial charge in [-0.1, -0.05) is 25.0 Å². The number of likely N-dealkylation sites (tertiary alicyclic amines) is 1. The highest BCUT2D eigenvalue weighted by atomic mass is 32.1. The van der Waals surface area contributed by atoms with E-state index in [1.807, 2.05) is 11.0 Å². The highest BCUT2D eigenvalue weighted by Gasteiger charge is 2.16. The van der Waals surface area contributed by atoms with Crippen LogP contribution in [0.3, 0.4) is 0 Å². The summed E-state index contributed by atoms with van der Waals surface area (Å²) in [6.07, 6.45) is 6.89. The van der Waals surface area contributed by atoms with E-state index >= 15 is 0 Å². The number of carbonyl (C=O) groups excluding carboxylic acids is 1. The van der Waals surface area contributed by atoms with E-state index < -0.39 is 0 Å². The van der Waals surface area contributed by atoms with Crippen molar-refractivity contribution in [3.05, 3.63) is 46.2 Å². The van der Waals surface area contributed by atoms with Crippen LogP contribution in [0.2, 0.25) is 0 Å². The smallest absolute Gasteiger partial charge is 0.323 e. The lowest BCUT2D eigenvalue weighted by molar-refractivity contribution is 0.214. The molecule has 0 bridgehead atoms. The number of carbonyl (C=O) groups is 1. The number of hydrogen-bond donors (Lipinski definition) is 1. The van der Waals surface area contributed by atoms with Crippen LogP contribution >= 0.6 is 11.3 Å². The SMILES string of the molecule is Cc1ccc(Cc2cnc(NC(=O)N3CCCCCC3)s2)cc1F.